The molecule has 0 aliphatic carbocycles. The molecule has 3 rings (SSSR count). The Morgan fingerprint density at radius 1 is 0.828 bits per heavy atom. The minimum atomic E-state index is -0.227. The van der Waals surface area contributed by atoms with Gasteiger partial charge in [0.15, 0.2) is 0 Å². The maximum absolute atomic E-state index is 12.5. The van der Waals surface area contributed by atoms with Crippen molar-refractivity contribution in [1.29, 1.82) is 0 Å². The molecule has 0 atom stereocenters. The predicted octanol–water partition coefficient (Wildman–Crippen LogP) is 5.29. The van der Waals surface area contributed by atoms with Crippen LogP contribution in [0.1, 0.15) is 39.6 Å². The molecule has 29 heavy (non-hydrogen) atoms. The van der Waals surface area contributed by atoms with E-state index in [0.717, 1.165) is 17.7 Å². The second-order valence-corrected chi connectivity index (χ2v) is 6.68. The first-order valence-corrected chi connectivity index (χ1v) is 9.58. The smallest absolute Gasteiger partial charge is 0.255 e. The summed E-state index contributed by atoms with van der Waals surface area (Å²) in [5, 5.41) is 5.73. The van der Waals surface area contributed by atoms with Gasteiger partial charge in [-0.2, -0.15) is 0 Å². The summed E-state index contributed by atoms with van der Waals surface area (Å²) in [4.78, 5) is 25.0. The number of aryl methyl sites for hydroxylation is 1. The average Bonchev–Trinajstić information content (AvgIpc) is 2.73. The number of anilines is 2. The fraction of sp³-hybridized carbons (Fsp3) is 0.167. The molecule has 5 heteroatoms. The highest BCUT2D eigenvalue weighted by Gasteiger charge is 2.10. The summed E-state index contributed by atoms with van der Waals surface area (Å²) in [5.74, 6) is 0.327. The molecule has 0 aliphatic rings. The average molecular weight is 388 g/mol. The minimum absolute atomic E-state index is 0.186. The fourth-order valence-corrected chi connectivity index (χ4v) is 2.83. The lowest BCUT2D eigenvalue weighted by Crippen LogP contribution is -2.14. The number of hydrogen-bond acceptors (Lipinski definition) is 3. The highest BCUT2D eigenvalue weighted by atomic mass is 16.5. The van der Waals surface area contributed by atoms with Gasteiger partial charge in [-0.3, -0.25) is 9.59 Å². The van der Waals surface area contributed by atoms with Crippen LogP contribution >= 0.6 is 0 Å². The van der Waals surface area contributed by atoms with Crippen molar-refractivity contribution in [2.45, 2.75) is 20.3 Å². The standard InChI is InChI=1S/C24H24N2O3/c1-3-15-29-21-13-11-18(12-14-21)23(27)25-19-8-6-9-20(16-19)26-24(28)22-10-5-4-7-17(22)2/h4-14,16H,3,15H2,1-2H3,(H,25,27)(H,26,28). The molecule has 5 nitrogen and oxygen atoms in total. The molecule has 0 aromatic heterocycles. The summed E-state index contributed by atoms with van der Waals surface area (Å²) < 4.78 is 5.53. The number of amides is 2. The number of carbonyl (C=O) groups excluding carboxylic acids is 2. The summed E-state index contributed by atoms with van der Waals surface area (Å²) >= 11 is 0. The maximum Gasteiger partial charge on any atom is 0.255 e. The van der Waals surface area contributed by atoms with Gasteiger partial charge in [-0.25, -0.2) is 0 Å². The topological polar surface area (TPSA) is 67.4 Å². The van der Waals surface area contributed by atoms with Crippen molar-refractivity contribution in [3.05, 3.63) is 89.5 Å². The third-order valence-electron chi connectivity index (χ3n) is 4.36. The first-order chi connectivity index (χ1) is 14.1. The van der Waals surface area contributed by atoms with E-state index >= 15 is 0 Å². The maximum atomic E-state index is 12.5. The van der Waals surface area contributed by atoms with E-state index in [1.165, 1.54) is 0 Å². The monoisotopic (exact) mass is 388 g/mol. The van der Waals surface area contributed by atoms with Crippen LogP contribution in [-0.2, 0) is 0 Å². The van der Waals surface area contributed by atoms with Gasteiger partial charge in [0.2, 0.25) is 0 Å². The molecule has 0 spiro atoms. The van der Waals surface area contributed by atoms with Gasteiger partial charge in [-0.05, 0) is 67.4 Å². The molecule has 0 fully saturated rings. The number of benzene rings is 3. The molecule has 0 saturated heterocycles. The number of nitrogens with one attached hydrogen (secondary N) is 2. The van der Waals surface area contributed by atoms with Gasteiger partial charge < -0.3 is 15.4 Å². The number of ether oxygens (including phenoxy) is 1. The van der Waals surface area contributed by atoms with E-state index in [-0.39, 0.29) is 11.8 Å². The van der Waals surface area contributed by atoms with Crippen LogP contribution in [0.25, 0.3) is 0 Å². The summed E-state index contributed by atoms with van der Waals surface area (Å²) in [6.07, 6.45) is 0.930. The van der Waals surface area contributed by atoms with Crippen molar-refractivity contribution in [3.63, 3.8) is 0 Å². The molecule has 0 bridgehead atoms. The Balaban J connectivity index is 1.65. The lowest BCUT2D eigenvalue weighted by molar-refractivity contribution is 0.101. The molecule has 3 aromatic rings. The van der Waals surface area contributed by atoms with Gasteiger partial charge in [0.05, 0.1) is 6.61 Å². The van der Waals surface area contributed by atoms with E-state index in [9.17, 15) is 9.59 Å². The zero-order valence-electron chi connectivity index (χ0n) is 16.6. The summed E-state index contributed by atoms with van der Waals surface area (Å²) in [6, 6.07) is 21.5. The Kier molecular flexibility index (Phi) is 6.63. The largest absolute Gasteiger partial charge is 0.494 e. The summed E-state index contributed by atoms with van der Waals surface area (Å²) in [7, 11) is 0. The highest BCUT2D eigenvalue weighted by Crippen LogP contribution is 2.19. The first-order valence-electron chi connectivity index (χ1n) is 9.58. The highest BCUT2D eigenvalue weighted by molar-refractivity contribution is 6.07. The molecule has 0 radical (unpaired) electrons. The van der Waals surface area contributed by atoms with Crippen LogP contribution in [0.3, 0.4) is 0 Å². The summed E-state index contributed by atoms with van der Waals surface area (Å²) in [6.45, 7) is 4.58. The third-order valence-corrected chi connectivity index (χ3v) is 4.36. The lowest BCUT2D eigenvalue weighted by Gasteiger charge is -2.10. The van der Waals surface area contributed by atoms with Gasteiger partial charge >= 0.3 is 0 Å². The van der Waals surface area contributed by atoms with Crippen molar-refractivity contribution < 1.29 is 14.3 Å². The van der Waals surface area contributed by atoms with Crippen LogP contribution in [-0.4, -0.2) is 18.4 Å². The lowest BCUT2D eigenvalue weighted by atomic mass is 10.1. The van der Waals surface area contributed by atoms with E-state index in [1.54, 1.807) is 54.6 Å². The molecule has 0 unspecified atom stereocenters. The molecular weight excluding hydrogens is 364 g/mol. The molecule has 0 aliphatic heterocycles. The van der Waals surface area contributed by atoms with Gasteiger partial charge in [0.25, 0.3) is 11.8 Å². The normalized spacial score (nSPS) is 10.3. The van der Waals surface area contributed by atoms with Crippen molar-refractivity contribution in [2.24, 2.45) is 0 Å². The molecule has 0 heterocycles. The van der Waals surface area contributed by atoms with Crippen LogP contribution in [0.15, 0.2) is 72.8 Å². The van der Waals surface area contributed by atoms with Gasteiger partial charge in [-0.15, -0.1) is 0 Å². The van der Waals surface area contributed by atoms with Crippen molar-refractivity contribution in [1.82, 2.24) is 0 Å². The molecule has 3 aromatic carbocycles. The molecular formula is C24H24N2O3. The van der Waals surface area contributed by atoms with E-state index in [4.69, 9.17) is 4.74 Å². The first kappa shape index (κ1) is 20.1. The zero-order chi connectivity index (χ0) is 20.6. The van der Waals surface area contributed by atoms with Gasteiger partial charge in [-0.1, -0.05) is 31.2 Å². The second-order valence-electron chi connectivity index (χ2n) is 6.68. The Labute approximate surface area is 170 Å². The second kappa shape index (κ2) is 9.55. The Hall–Kier alpha value is -3.60. The van der Waals surface area contributed by atoms with Crippen molar-refractivity contribution in [3.8, 4) is 5.75 Å². The van der Waals surface area contributed by atoms with Crippen LogP contribution < -0.4 is 15.4 Å². The van der Waals surface area contributed by atoms with Crippen LogP contribution in [0.2, 0.25) is 0 Å². The number of hydrogen-bond donors (Lipinski definition) is 2. The van der Waals surface area contributed by atoms with E-state index in [1.807, 2.05) is 32.0 Å². The van der Waals surface area contributed by atoms with E-state index in [0.29, 0.717) is 29.1 Å². The van der Waals surface area contributed by atoms with Crippen LogP contribution in [0, 0.1) is 6.92 Å². The van der Waals surface area contributed by atoms with Crippen molar-refractivity contribution in [2.75, 3.05) is 17.2 Å². The van der Waals surface area contributed by atoms with E-state index < -0.39 is 0 Å². The number of carbonyl (C=O) groups is 2. The van der Waals surface area contributed by atoms with Crippen LogP contribution in [0.4, 0.5) is 11.4 Å². The minimum Gasteiger partial charge on any atom is -0.494 e. The van der Waals surface area contributed by atoms with Crippen LogP contribution in [0.5, 0.6) is 5.75 Å². The Bertz CT molecular complexity index is 997. The fourth-order valence-electron chi connectivity index (χ4n) is 2.83. The molecule has 0 saturated carbocycles. The predicted molar refractivity (Wildman–Crippen MR) is 116 cm³/mol. The molecule has 2 N–H and O–H groups in total. The van der Waals surface area contributed by atoms with Gasteiger partial charge in [0, 0.05) is 22.5 Å². The molecule has 148 valence electrons. The number of rotatable bonds is 7. The Morgan fingerprint density at radius 3 is 2.14 bits per heavy atom. The third kappa shape index (κ3) is 5.45. The zero-order valence-corrected chi connectivity index (χ0v) is 16.6. The SMILES string of the molecule is CCCOc1ccc(C(=O)Nc2cccc(NC(=O)c3ccccc3C)c2)cc1. The van der Waals surface area contributed by atoms with Crippen molar-refractivity contribution >= 4 is 23.2 Å². The molecule has 2 amide bonds. The quantitative estimate of drug-likeness (QED) is 0.578. The van der Waals surface area contributed by atoms with Gasteiger partial charge in [0.1, 0.15) is 5.75 Å². The van der Waals surface area contributed by atoms with E-state index in [2.05, 4.69) is 10.6 Å². The summed E-state index contributed by atoms with van der Waals surface area (Å²) in [5.41, 5.74) is 3.26. The Morgan fingerprint density at radius 2 is 1.48 bits per heavy atom.